The number of H-pyrrole nitrogens is 1. The largest absolute Gasteiger partial charge is 0.327 e. The van der Waals surface area contributed by atoms with Crippen LogP contribution in [0.25, 0.3) is 0 Å². The first-order valence-electron chi connectivity index (χ1n) is 4.42. The van der Waals surface area contributed by atoms with Crippen LogP contribution >= 0.6 is 24.2 Å². The topological polar surface area (TPSA) is 67.6 Å². The summed E-state index contributed by atoms with van der Waals surface area (Å²) >= 11 is 1.62. The maximum atomic E-state index is 5.91. The highest BCUT2D eigenvalue weighted by Gasteiger charge is 2.06. The van der Waals surface area contributed by atoms with Crippen molar-refractivity contribution in [1.29, 1.82) is 0 Å². The smallest absolute Gasteiger partial charge is 0.183 e. The summed E-state index contributed by atoms with van der Waals surface area (Å²) in [7, 11) is 0. The third kappa shape index (κ3) is 5.47. The van der Waals surface area contributed by atoms with Gasteiger partial charge in [-0.15, -0.1) is 12.4 Å². The molecule has 0 spiro atoms. The Morgan fingerprint density at radius 1 is 1.57 bits per heavy atom. The van der Waals surface area contributed by atoms with Crippen LogP contribution in [-0.2, 0) is 0 Å². The fourth-order valence-electron chi connectivity index (χ4n) is 1.12. The van der Waals surface area contributed by atoms with Crippen molar-refractivity contribution in [3.05, 3.63) is 6.33 Å². The van der Waals surface area contributed by atoms with E-state index in [4.69, 9.17) is 5.73 Å². The Morgan fingerprint density at radius 3 is 2.79 bits per heavy atom. The molecule has 1 rings (SSSR count). The number of nitrogens with zero attached hydrogens (tertiary/aromatic N) is 2. The van der Waals surface area contributed by atoms with E-state index in [1.807, 2.05) is 0 Å². The lowest BCUT2D eigenvalue weighted by atomic mass is 10.1. The molecule has 4 nitrogen and oxygen atoms in total. The van der Waals surface area contributed by atoms with E-state index < -0.39 is 0 Å². The van der Waals surface area contributed by atoms with Crippen LogP contribution in [0, 0.1) is 5.92 Å². The number of thioether (sulfide) groups is 1. The molecule has 6 heteroatoms. The van der Waals surface area contributed by atoms with E-state index in [0.29, 0.717) is 5.92 Å². The summed E-state index contributed by atoms with van der Waals surface area (Å²) in [6.07, 6.45) is 2.57. The maximum Gasteiger partial charge on any atom is 0.183 e. The minimum absolute atomic E-state index is 0. The molecule has 0 fully saturated rings. The van der Waals surface area contributed by atoms with Crippen LogP contribution in [0.4, 0.5) is 0 Å². The number of aromatic nitrogens is 3. The second-order valence-electron chi connectivity index (χ2n) is 3.49. The van der Waals surface area contributed by atoms with E-state index in [1.165, 1.54) is 6.33 Å². The van der Waals surface area contributed by atoms with Crippen molar-refractivity contribution < 1.29 is 0 Å². The molecule has 0 bridgehead atoms. The van der Waals surface area contributed by atoms with Gasteiger partial charge in [0.05, 0.1) is 0 Å². The second kappa shape index (κ2) is 7.09. The van der Waals surface area contributed by atoms with Gasteiger partial charge in [-0.25, -0.2) is 4.98 Å². The Hall–Kier alpha value is -0.260. The first-order valence-corrected chi connectivity index (χ1v) is 5.40. The van der Waals surface area contributed by atoms with Gasteiger partial charge in [0.15, 0.2) is 5.16 Å². The van der Waals surface area contributed by atoms with Gasteiger partial charge in [-0.05, 0) is 12.3 Å². The number of aromatic amines is 1. The average Bonchev–Trinajstić information content (AvgIpc) is 2.51. The molecule has 0 unspecified atom stereocenters. The SMILES string of the molecule is CC(C)C[C@H](N)CSc1ncn[nH]1.Cl. The van der Waals surface area contributed by atoms with E-state index in [1.54, 1.807) is 11.8 Å². The molecule has 1 heterocycles. The number of nitrogens with one attached hydrogen (secondary N) is 1. The van der Waals surface area contributed by atoms with Crippen molar-refractivity contribution in [2.24, 2.45) is 11.7 Å². The summed E-state index contributed by atoms with van der Waals surface area (Å²) in [5, 5.41) is 7.40. The van der Waals surface area contributed by atoms with E-state index in [2.05, 4.69) is 29.0 Å². The van der Waals surface area contributed by atoms with Crippen LogP contribution in [0.1, 0.15) is 20.3 Å². The van der Waals surface area contributed by atoms with Gasteiger partial charge in [0, 0.05) is 11.8 Å². The van der Waals surface area contributed by atoms with Gasteiger partial charge in [-0.1, -0.05) is 25.6 Å². The summed E-state index contributed by atoms with van der Waals surface area (Å²) < 4.78 is 0. The molecule has 0 aliphatic carbocycles. The minimum atomic E-state index is 0. The molecule has 0 aliphatic heterocycles. The van der Waals surface area contributed by atoms with Gasteiger partial charge in [0.1, 0.15) is 6.33 Å². The zero-order valence-corrected chi connectivity index (χ0v) is 10.1. The molecule has 0 aliphatic rings. The summed E-state index contributed by atoms with van der Waals surface area (Å²) in [4.78, 5) is 4.01. The van der Waals surface area contributed by atoms with Crippen LogP contribution in [-0.4, -0.2) is 27.0 Å². The number of hydrogen-bond acceptors (Lipinski definition) is 4. The standard InChI is InChI=1S/C8H16N4S.ClH/c1-6(2)3-7(9)4-13-8-10-5-11-12-8;/h5-7H,3-4,9H2,1-2H3,(H,10,11,12);1H/t7-;/m0./s1. The molecule has 1 aromatic heterocycles. The molecule has 0 aromatic carbocycles. The van der Waals surface area contributed by atoms with Gasteiger partial charge in [0.2, 0.25) is 0 Å². The molecular weight excluding hydrogens is 220 g/mol. The predicted molar refractivity (Wildman–Crippen MR) is 61.8 cm³/mol. The number of rotatable bonds is 5. The van der Waals surface area contributed by atoms with E-state index in [-0.39, 0.29) is 18.4 Å². The predicted octanol–water partition coefficient (Wildman–Crippen LogP) is 1.69. The average molecular weight is 237 g/mol. The maximum absolute atomic E-state index is 5.91. The van der Waals surface area contributed by atoms with Gasteiger partial charge >= 0.3 is 0 Å². The van der Waals surface area contributed by atoms with Gasteiger partial charge in [-0.3, -0.25) is 5.10 Å². The number of halogens is 1. The third-order valence-corrected chi connectivity index (χ3v) is 2.67. The molecule has 0 amide bonds. The Bertz CT molecular complexity index is 227. The van der Waals surface area contributed by atoms with Crippen molar-refractivity contribution in [3.8, 4) is 0 Å². The molecule has 1 atom stereocenters. The van der Waals surface area contributed by atoms with E-state index in [0.717, 1.165) is 17.3 Å². The minimum Gasteiger partial charge on any atom is -0.327 e. The number of hydrogen-bond donors (Lipinski definition) is 2. The molecule has 0 radical (unpaired) electrons. The fraction of sp³-hybridized carbons (Fsp3) is 0.750. The van der Waals surface area contributed by atoms with Gasteiger partial charge in [-0.2, -0.15) is 5.10 Å². The quantitative estimate of drug-likeness (QED) is 0.764. The summed E-state index contributed by atoms with van der Waals surface area (Å²) in [6, 6.07) is 0.245. The lowest BCUT2D eigenvalue weighted by Gasteiger charge is -2.11. The van der Waals surface area contributed by atoms with Gasteiger partial charge < -0.3 is 5.73 Å². The van der Waals surface area contributed by atoms with Crippen LogP contribution in [0.5, 0.6) is 0 Å². The van der Waals surface area contributed by atoms with Crippen molar-refractivity contribution >= 4 is 24.2 Å². The van der Waals surface area contributed by atoms with Crippen LogP contribution in [0.3, 0.4) is 0 Å². The summed E-state index contributed by atoms with van der Waals surface area (Å²) in [5.74, 6) is 1.55. The zero-order chi connectivity index (χ0) is 9.68. The first-order chi connectivity index (χ1) is 6.18. The lowest BCUT2D eigenvalue weighted by molar-refractivity contribution is 0.524. The van der Waals surface area contributed by atoms with Crippen LogP contribution < -0.4 is 5.73 Å². The van der Waals surface area contributed by atoms with Gasteiger partial charge in [0.25, 0.3) is 0 Å². The lowest BCUT2D eigenvalue weighted by Crippen LogP contribution is -2.24. The highest BCUT2D eigenvalue weighted by atomic mass is 35.5. The summed E-state index contributed by atoms with van der Waals surface area (Å²) in [6.45, 7) is 4.36. The highest BCUT2D eigenvalue weighted by Crippen LogP contribution is 2.14. The number of nitrogens with two attached hydrogens (primary N) is 1. The molecule has 1 aromatic rings. The Morgan fingerprint density at radius 2 is 2.29 bits per heavy atom. The van der Waals surface area contributed by atoms with E-state index >= 15 is 0 Å². The molecule has 14 heavy (non-hydrogen) atoms. The Labute approximate surface area is 94.9 Å². The first kappa shape index (κ1) is 13.7. The molecule has 82 valence electrons. The Balaban J connectivity index is 0.00000169. The van der Waals surface area contributed by atoms with Crippen molar-refractivity contribution in [2.75, 3.05) is 5.75 Å². The van der Waals surface area contributed by atoms with Crippen LogP contribution in [0.2, 0.25) is 0 Å². The van der Waals surface area contributed by atoms with Crippen molar-refractivity contribution in [1.82, 2.24) is 15.2 Å². The van der Waals surface area contributed by atoms with Crippen molar-refractivity contribution in [3.63, 3.8) is 0 Å². The third-order valence-electron chi connectivity index (χ3n) is 1.60. The molecule has 0 saturated heterocycles. The Kier molecular flexibility index (Phi) is 6.96. The van der Waals surface area contributed by atoms with Crippen molar-refractivity contribution in [2.45, 2.75) is 31.5 Å². The highest BCUT2D eigenvalue weighted by molar-refractivity contribution is 7.99. The molecule has 0 saturated carbocycles. The normalized spacial score (nSPS) is 12.6. The van der Waals surface area contributed by atoms with Crippen LogP contribution in [0.15, 0.2) is 11.5 Å². The fourth-order valence-corrected chi connectivity index (χ4v) is 1.87. The second-order valence-corrected chi connectivity index (χ2v) is 4.50. The zero-order valence-electron chi connectivity index (χ0n) is 8.43. The molecular formula is C8H17ClN4S. The summed E-state index contributed by atoms with van der Waals surface area (Å²) in [5.41, 5.74) is 5.91. The molecule has 3 N–H and O–H groups in total. The van der Waals surface area contributed by atoms with E-state index in [9.17, 15) is 0 Å². The monoisotopic (exact) mass is 236 g/mol.